The Morgan fingerprint density at radius 1 is 1.29 bits per heavy atom. The van der Waals surface area contributed by atoms with E-state index >= 15 is 0 Å². The summed E-state index contributed by atoms with van der Waals surface area (Å²) in [6.45, 7) is 6.91. The summed E-state index contributed by atoms with van der Waals surface area (Å²) in [5.74, 6) is 0. The highest BCUT2D eigenvalue weighted by Gasteiger charge is 2.18. The monoisotopic (exact) mass is 325 g/mol. The average molecular weight is 326 g/mol. The third-order valence-corrected chi connectivity index (χ3v) is 4.61. The van der Waals surface area contributed by atoms with Gasteiger partial charge in [-0.2, -0.15) is 5.10 Å². The number of halogens is 2. The Morgan fingerprint density at radius 3 is 2.52 bits per heavy atom. The molecule has 3 nitrogen and oxygen atoms in total. The van der Waals surface area contributed by atoms with Gasteiger partial charge in [-0.05, 0) is 37.6 Å². The van der Waals surface area contributed by atoms with Crippen molar-refractivity contribution in [2.24, 2.45) is 7.05 Å². The standard InChI is InChI=1S/C16H21Cl2N3/c1-5-19-14(12-7-6-10(2)13(17)8-12)9-15-16(18)11(3)20-21(15)4/h6-8,14,19H,5,9H2,1-4H3. The minimum Gasteiger partial charge on any atom is -0.310 e. The van der Waals surface area contributed by atoms with Crippen molar-refractivity contribution in [3.63, 3.8) is 0 Å². The van der Waals surface area contributed by atoms with Gasteiger partial charge >= 0.3 is 0 Å². The van der Waals surface area contributed by atoms with Crippen molar-refractivity contribution in [3.8, 4) is 0 Å². The minimum atomic E-state index is 0.167. The van der Waals surface area contributed by atoms with Crippen LogP contribution in [0, 0.1) is 13.8 Å². The fraction of sp³-hybridized carbons (Fsp3) is 0.438. The van der Waals surface area contributed by atoms with E-state index in [1.165, 1.54) is 5.56 Å². The number of rotatable bonds is 5. The molecule has 0 fully saturated rings. The smallest absolute Gasteiger partial charge is 0.0847 e. The zero-order valence-corrected chi connectivity index (χ0v) is 14.4. The molecule has 0 amide bonds. The second-order valence-electron chi connectivity index (χ2n) is 5.29. The SMILES string of the molecule is CCNC(Cc1c(Cl)c(C)nn1C)c1ccc(C)c(Cl)c1. The zero-order chi connectivity index (χ0) is 15.6. The molecule has 1 aromatic carbocycles. The first-order chi connectivity index (χ1) is 9.93. The first kappa shape index (κ1) is 16.3. The molecule has 0 radical (unpaired) electrons. The van der Waals surface area contributed by atoms with Gasteiger partial charge in [0.15, 0.2) is 0 Å². The Labute approximate surface area is 136 Å². The van der Waals surface area contributed by atoms with Gasteiger partial charge in [0, 0.05) is 24.5 Å². The zero-order valence-electron chi connectivity index (χ0n) is 12.9. The van der Waals surface area contributed by atoms with E-state index in [2.05, 4.69) is 29.5 Å². The summed E-state index contributed by atoms with van der Waals surface area (Å²) in [7, 11) is 1.93. The molecule has 21 heavy (non-hydrogen) atoms. The molecule has 0 aliphatic heterocycles. The lowest BCUT2D eigenvalue weighted by Gasteiger charge is -2.19. The van der Waals surface area contributed by atoms with Crippen LogP contribution in [0.5, 0.6) is 0 Å². The number of aromatic nitrogens is 2. The number of benzene rings is 1. The third kappa shape index (κ3) is 3.60. The van der Waals surface area contributed by atoms with Crippen LogP contribution in [0.1, 0.15) is 35.5 Å². The normalized spacial score (nSPS) is 12.7. The van der Waals surface area contributed by atoms with Gasteiger partial charge in [0.2, 0.25) is 0 Å². The molecule has 0 saturated heterocycles. The van der Waals surface area contributed by atoms with Crippen LogP contribution >= 0.6 is 23.2 Å². The highest BCUT2D eigenvalue weighted by molar-refractivity contribution is 6.32. The maximum atomic E-state index is 6.37. The summed E-state index contributed by atoms with van der Waals surface area (Å²) in [6.07, 6.45) is 0.781. The molecular formula is C16H21Cl2N3. The average Bonchev–Trinajstić information content (AvgIpc) is 2.68. The van der Waals surface area contributed by atoms with Crippen molar-refractivity contribution in [1.82, 2.24) is 15.1 Å². The fourth-order valence-corrected chi connectivity index (χ4v) is 2.90. The van der Waals surface area contributed by atoms with E-state index in [9.17, 15) is 0 Å². The number of nitrogens with one attached hydrogen (secondary N) is 1. The largest absolute Gasteiger partial charge is 0.310 e. The number of aryl methyl sites for hydroxylation is 3. The van der Waals surface area contributed by atoms with Gasteiger partial charge in [-0.15, -0.1) is 0 Å². The van der Waals surface area contributed by atoms with Crippen LogP contribution in [0.25, 0.3) is 0 Å². The van der Waals surface area contributed by atoms with Gasteiger partial charge in [-0.3, -0.25) is 4.68 Å². The van der Waals surface area contributed by atoms with Gasteiger partial charge in [-0.25, -0.2) is 0 Å². The Kier molecular flexibility index (Phi) is 5.31. The molecule has 1 unspecified atom stereocenters. The van der Waals surface area contributed by atoms with E-state index in [4.69, 9.17) is 23.2 Å². The first-order valence-electron chi connectivity index (χ1n) is 7.11. The summed E-state index contributed by atoms with van der Waals surface area (Å²) in [5.41, 5.74) is 4.16. The van der Waals surface area contributed by atoms with Gasteiger partial charge in [-0.1, -0.05) is 42.3 Å². The van der Waals surface area contributed by atoms with Crippen LogP contribution in [0.4, 0.5) is 0 Å². The molecule has 2 rings (SSSR count). The molecule has 0 bridgehead atoms. The molecular weight excluding hydrogens is 305 g/mol. The number of hydrogen-bond donors (Lipinski definition) is 1. The van der Waals surface area contributed by atoms with Gasteiger partial charge in [0.25, 0.3) is 0 Å². The Bertz CT molecular complexity index is 635. The lowest BCUT2D eigenvalue weighted by atomic mass is 10.0. The van der Waals surface area contributed by atoms with Crippen LogP contribution < -0.4 is 5.32 Å². The van der Waals surface area contributed by atoms with Crippen LogP contribution in [0.2, 0.25) is 10.0 Å². The van der Waals surface area contributed by atoms with E-state index in [1.807, 2.05) is 31.6 Å². The highest BCUT2D eigenvalue weighted by Crippen LogP contribution is 2.27. The molecule has 0 spiro atoms. The van der Waals surface area contributed by atoms with Crippen LogP contribution in [0.3, 0.4) is 0 Å². The van der Waals surface area contributed by atoms with E-state index in [-0.39, 0.29) is 6.04 Å². The minimum absolute atomic E-state index is 0.167. The molecule has 0 saturated carbocycles. The van der Waals surface area contributed by atoms with Crippen molar-refractivity contribution in [1.29, 1.82) is 0 Å². The molecule has 2 aromatic rings. The molecule has 114 valence electrons. The fourth-order valence-electron chi connectivity index (χ4n) is 2.48. The number of hydrogen-bond acceptors (Lipinski definition) is 2. The van der Waals surface area contributed by atoms with Gasteiger partial charge in [0.05, 0.1) is 16.4 Å². The lowest BCUT2D eigenvalue weighted by Crippen LogP contribution is -2.24. The topological polar surface area (TPSA) is 29.9 Å². The first-order valence-corrected chi connectivity index (χ1v) is 7.87. The van der Waals surface area contributed by atoms with Crippen LogP contribution in [0.15, 0.2) is 18.2 Å². The van der Waals surface area contributed by atoms with E-state index in [0.717, 1.165) is 40.0 Å². The molecule has 5 heteroatoms. The van der Waals surface area contributed by atoms with Crippen molar-refractivity contribution in [2.45, 2.75) is 33.2 Å². The van der Waals surface area contributed by atoms with Gasteiger partial charge < -0.3 is 5.32 Å². The van der Waals surface area contributed by atoms with Crippen molar-refractivity contribution < 1.29 is 0 Å². The van der Waals surface area contributed by atoms with Gasteiger partial charge in [0.1, 0.15) is 0 Å². The Morgan fingerprint density at radius 2 is 2.00 bits per heavy atom. The summed E-state index contributed by atoms with van der Waals surface area (Å²) in [5, 5.41) is 9.42. The lowest BCUT2D eigenvalue weighted by molar-refractivity contribution is 0.529. The molecule has 1 aromatic heterocycles. The second kappa shape index (κ2) is 6.82. The third-order valence-electron chi connectivity index (χ3n) is 3.71. The molecule has 0 aliphatic carbocycles. The predicted molar refractivity (Wildman–Crippen MR) is 89.3 cm³/mol. The molecule has 1 N–H and O–H groups in total. The number of nitrogens with zero attached hydrogens (tertiary/aromatic N) is 2. The summed E-state index contributed by atoms with van der Waals surface area (Å²) < 4.78 is 1.86. The van der Waals surface area contributed by atoms with E-state index < -0.39 is 0 Å². The Balaban J connectivity index is 2.32. The predicted octanol–water partition coefficient (Wildman–Crippen LogP) is 4.24. The quantitative estimate of drug-likeness (QED) is 0.891. The Hall–Kier alpha value is -1.03. The summed E-state index contributed by atoms with van der Waals surface area (Å²) in [6, 6.07) is 6.37. The highest BCUT2D eigenvalue weighted by atomic mass is 35.5. The second-order valence-corrected chi connectivity index (χ2v) is 6.08. The maximum Gasteiger partial charge on any atom is 0.0847 e. The van der Waals surface area contributed by atoms with Crippen molar-refractivity contribution in [3.05, 3.63) is 50.8 Å². The molecule has 1 heterocycles. The van der Waals surface area contributed by atoms with Crippen molar-refractivity contribution in [2.75, 3.05) is 6.54 Å². The maximum absolute atomic E-state index is 6.37. The summed E-state index contributed by atoms with van der Waals surface area (Å²) >= 11 is 12.6. The molecule has 0 aliphatic rings. The van der Waals surface area contributed by atoms with Crippen LogP contribution in [-0.2, 0) is 13.5 Å². The number of likely N-dealkylation sites (N-methyl/N-ethyl adjacent to an activating group) is 1. The summed E-state index contributed by atoms with van der Waals surface area (Å²) in [4.78, 5) is 0. The van der Waals surface area contributed by atoms with Crippen molar-refractivity contribution >= 4 is 23.2 Å². The van der Waals surface area contributed by atoms with E-state index in [1.54, 1.807) is 0 Å². The van der Waals surface area contributed by atoms with E-state index in [0.29, 0.717) is 0 Å². The molecule has 1 atom stereocenters. The van der Waals surface area contributed by atoms with Crippen LogP contribution in [-0.4, -0.2) is 16.3 Å².